The van der Waals surface area contributed by atoms with Crippen LogP contribution in [0.15, 0.2) is 17.7 Å². The molecule has 0 N–H and O–H groups in total. The Morgan fingerprint density at radius 3 is 1.21 bits per heavy atom. The van der Waals surface area contributed by atoms with Gasteiger partial charge in [-0.2, -0.15) is 23.8 Å². The quantitative estimate of drug-likeness (QED) is 0.322. The molecule has 1 aliphatic carbocycles. The van der Waals surface area contributed by atoms with E-state index >= 15 is 0 Å². The number of rotatable bonds is 0. The molecule has 0 heterocycles. The van der Waals surface area contributed by atoms with Crippen LogP contribution in [0, 0.1) is 44.6 Å². The van der Waals surface area contributed by atoms with Crippen LogP contribution < -0.4 is 0 Å². The third-order valence-corrected chi connectivity index (χ3v) is 0.867. The summed E-state index contributed by atoms with van der Waals surface area (Å²) in [5.41, 5.74) is 1.27. The number of hydrogen-bond acceptors (Lipinski definition) is 0. The minimum Gasteiger partial charge on any atom is -0.341 e. The Bertz CT molecular complexity index is 172. The molecule has 0 saturated heterocycles. The van der Waals surface area contributed by atoms with Gasteiger partial charge in [-0.05, 0) is 0 Å². The van der Waals surface area contributed by atoms with Crippen molar-refractivity contribution < 1.29 is 25.8 Å². The SMILES string of the molecule is CC1=[C-]CC=C1.[CH2-]C(C)C.[CH2-]C(C)C.[CH2-]C(C)C.[Hf+4]. The van der Waals surface area contributed by atoms with Crippen LogP contribution in [-0.2, 0) is 25.8 Å². The molecule has 0 aliphatic heterocycles. The van der Waals surface area contributed by atoms with Crippen LogP contribution in [0.2, 0.25) is 0 Å². The van der Waals surface area contributed by atoms with Crippen molar-refractivity contribution in [1.29, 1.82) is 0 Å². The van der Waals surface area contributed by atoms with E-state index in [9.17, 15) is 0 Å². The zero-order valence-corrected chi connectivity index (χ0v) is 17.8. The molecule has 0 aromatic heterocycles. The zero-order valence-electron chi connectivity index (χ0n) is 14.2. The Labute approximate surface area is 142 Å². The van der Waals surface area contributed by atoms with Gasteiger partial charge in [0.2, 0.25) is 0 Å². The summed E-state index contributed by atoms with van der Waals surface area (Å²) in [4.78, 5) is 0. The van der Waals surface area contributed by atoms with Gasteiger partial charge in [-0.15, -0.1) is 6.42 Å². The fourth-order valence-electron chi connectivity index (χ4n) is 0.515. The Hall–Kier alpha value is 0.350. The number of allylic oxidation sites excluding steroid dienone is 4. The first-order valence-corrected chi connectivity index (χ1v) is 6.82. The van der Waals surface area contributed by atoms with Crippen molar-refractivity contribution in [3.05, 3.63) is 44.6 Å². The van der Waals surface area contributed by atoms with Crippen molar-refractivity contribution >= 4 is 0 Å². The molecule has 0 bridgehead atoms. The van der Waals surface area contributed by atoms with Crippen molar-refractivity contribution in [3.8, 4) is 0 Å². The Kier molecular flexibility index (Phi) is 30.1. The molecule has 0 saturated carbocycles. The van der Waals surface area contributed by atoms with E-state index in [-0.39, 0.29) is 25.8 Å². The minimum atomic E-state index is 0. The summed E-state index contributed by atoms with van der Waals surface area (Å²) < 4.78 is 0. The second-order valence-electron chi connectivity index (χ2n) is 5.65. The van der Waals surface area contributed by atoms with E-state index in [1.165, 1.54) is 5.57 Å². The van der Waals surface area contributed by atoms with Crippen molar-refractivity contribution in [2.24, 2.45) is 17.8 Å². The van der Waals surface area contributed by atoms with Gasteiger partial charge >= 0.3 is 25.8 Å². The molecular weight excluding hydrogens is 395 g/mol. The van der Waals surface area contributed by atoms with Crippen molar-refractivity contribution in [3.63, 3.8) is 0 Å². The normalized spacial score (nSPS) is 11.5. The van der Waals surface area contributed by atoms with E-state index in [2.05, 4.69) is 87.5 Å². The molecule has 0 unspecified atom stereocenters. The fraction of sp³-hybridized carbons (Fsp3) is 0.611. The summed E-state index contributed by atoms with van der Waals surface area (Å²) in [5, 5.41) is 0. The van der Waals surface area contributed by atoms with Crippen LogP contribution in [0.5, 0.6) is 0 Å². The molecule has 0 amide bonds. The molecule has 1 heteroatoms. The van der Waals surface area contributed by atoms with Gasteiger partial charge in [-0.3, -0.25) is 6.08 Å². The van der Waals surface area contributed by atoms with Gasteiger partial charge in [0, 0.05) is 0 Å². The first-order valence-electron chi connectivity index (χ1n) is 6.82. The molecule has 0 aromatic carbocycles. The second-order valence-corrected chi connectivity index (χ2v) is 5.65. The average molecular weight is 429 g/mol. The van der Waals surface area contributed by atoms with E-state index < -0.39 is 0 Å². The third kappa shape index (κ3) is 90.8. The molecule has 0 spiro atoms. The summed E-state index contributed by atoms with van der Waals surface area (Å²) in [6.07, 6.45) is 8.33. The van der Waals surface area contributed by atoms with E-state index in [0.29, 0.717) is 17.8 Å². The van der Waals surface area contributed by atoms with Gasteiger partial charge in [0.15, 0.2) is 0 Å². The standard InChI is InChI=1S/C6H7.3C4H9.Hf/c1-6-4-2-3-5-6;3*1-4(2)3;/h2,4H,3H2,1H3;3*4H,1H2,2-3H3;/q4*-1;+4. The van der Waals surface area contributed by atoms with Crippen molar-refractivity contribution in [1.82, 2.24) is 0 Å². The molecule has 110 valence electrons. The molecular formula is C18H34Hf. The number of hydrogen-bond donors (Lipinski definition) is 0. The Morgan fingerprint density at radius 1 is 0.895 bits per heavy atom. The van der Waals surface area contributed by atoms with Gasteiger partial charge in [-0.25, -0.2) is 11.6 Å². The summed E-state index contributed by atoms with van der Waals surface area (Å²) >= 11 is 0. The van der Waals surface area contributed by atoms with E-state index in [4.69, 9.17) is 0 Å². The van der Waals surface area contributed by atoms with Crippen LogP contribution in [-0.4, -0.2) is 0 Å². The Balaban J connectivity index is -0.0000000796. The average Bonchev–Trinajstić information content (AvgIpc) is 2.51. The van der Waals surface area contributed by atoms with Gasteiger partial charge in [0.1, 0.15) is 0 Å². The first-order chi connectivity index (χ1) is 8.09. The molecule has 0 radical (unpaired) electrons. The summed E-state index contributed by atoms with van der Waals surface area (Å²) in [6, 6.07) is 0. The Morgan fingerprint density at radius 2 is 1.16 bits per heavy atom. The first kappa shape index (κ1) is 27.7. The predicted octanol–water partition coefficient (Wildman–Crippen LogP) is 6.12. The monoisotopic (exact) mass is 430 g/mol. The molecule has 0 atom stereocenters. The topological polar surface area (TPSA) is 0 Å². The molecule has 0 fully saturated rings. The minimum absolute atomic E-state index is 0. The molecule has 0 nitrogen and oxygen atoms in total. The van der Waals surface area contributed by atoms with Crippen molar-refractivity contribution in [2.45, 2.75) is 54.9 Å². The zero-order chi connectivity index (χ0) is 15.1. The van der Waals surface area contributed by atoms with Gasteiger partial charge in [-0.1, -0.05) is 48.5 Å². The molecule has 19 heavy (non-hydrogen) atoms. The van der Waals surface area contributed by atoms with E-state index in [1.54, 1.807) is 0 Å². The predicted molar refractivity (Wildman–Crippen MR) is 86.8 cm³/mol. The van der Waals surface area contributed by atoms with Crippen LogP contribution in [0.25, 0.3) is 0 Å². The van der Waals surface area contributed by atoms with Crippen LogP contribution >= 0.6 is 0 Å². The molecule has 1 aliphatic rings. The summed E-state index contributed by atoms with van der Waals surface area (Å²) in [5.74, 6) is 1.75. The van der Waals surface area contributed by atoms with E-state index in [0.717, 1.165) is 6.42 Å². The van der Waals surface area contributed by atoms with Gasteiger partial charge in [0.25, 0.3) is 0 Å². The smallest absolute Gasteiger partial charge is 0.341 e. The largest absolute Gasteiger partial charge is 4.00 e. The van der Waals surface area contributed by atoms with Crippen LogP contribution in [0.1, 0.15) is 54.9 Å². The fourth-order valence-corrected chi connectivity index (χ4v) is 0.515. The van der Waals surface area contributed by atoms with Crippen molar-refractivity contribution in [2.75, 3.05) is 0 Å². The van der Waals surface area contributed by atoms with E-state index in [1.807, 2.05) is 0 Å². The summed E-state index contributed by atoms with van der Waals surface area (Å²) in [7, 11) is 0. The summed E-state index contributed by atoms with van der Waals surface area (Å²) in [6.45, 7) is 25.3. The van der Waals surface area contributed by atoms with Crippen LogP contribution in [0.3, 0.4) is 0 Å². The van der Waals surface area contributed by atoms with Gasteiger partial charge in [0.05, 0.1) is 0 Å². The molecule has 0 aromatic rings. The second kappa shape index (κ2) is 20.7. The third-order valence-electron chi connectivity index (χ3n) is 0.867. The maximum atomic E-state index is 3.64. The maximum absolute atomic E-state index is 3.64. The van der Waals surface area contributed by atoms with Crippen LogP contribution in [0.4, 0.5) is 0 Å². The maximum Gasteiger partial charge on any atom is 4.00 e. The molecule has 1 rings (SSSR count). The van der Waals surface area contributed by atoms with Gasteiger partial charge < -0.3 is 20.8 Å².